The molecule has 1 N–H and O–H groups in total. The molecule has 0 amide bonds. The van der Waals surface area contributed by atoms with E-state index in [1.807, 2.05) is 0 Å². The van der Waals surface area contributed by atoms with Gasteiger partial charge in [-0.15, -0.1) is 5.10 Å². The van der Waals surface area contributed by atoms with Gasteiger partial charge in [0.2, 0.25) is 0 Å². The van der Waals surface area contributed by atoms with E-state index in [1.54, 1.807) is 0 Å². The average molecular weight is 203 g/mol. The molecule has 4 nitrogen and oxygen atoms in total. The van der Waals surface area contributed by atoms with Crippen molar-refractivity contribution in [1.82, 2.24) is 10.2 Å². The second-order valence-corrected chi connectivity index (χ2v) is 2.48. The minimum Gasteiger partial charge on any atom is -0.476 e. The summed E-state index contributed by atoms with van der Waals surface area (Å²) in [6.07, 6.45) is 1.42. The number of carboxylic acid groups (broad SMARTS) is 1. The summed E-state index contributed by atoms with van der Waals surface area (Å²) in [6, 6.07) is 1.38. The number of halogens is 1. The second kappa shape index (κ2) is 2.74. The third-order valence-corrected chi connectivity index (χ3v) is 1.27. The van der Waals surface area contributed by atoms with Crippen LogP contribution >= 0.6 is 15.9 Å². The molecule has 0 saturated heterocycles. The molecule has 0 saturated carbocycles. The Labute approximate surface area is 65.0 Å². The summed E-state index contributed by atoms with van der Waals surface area (Å²) in [5.41, 5.74) is -0.0608. The SMILES string of the molecule is O=C(O)c1cc(Br)cnn1. The number of carboxylic acids is 1. The van der Waals surface area contributed by atoms with Gasteiger partial charge in [0.05, 0.1) is 6.20 Å². The molecule has 0 fully saturated rings. The van der Waals surface area contributed by atoms with Gasteiger partial charge in [-0.25, -0.2) is 4.79 Å². The minimum atomic E-state index is -1.08. The molecule has 0 aromatic carbocycles. The third-order valence-electron chi connectivity index (χ3n) is 0.840. The fraction of sp³-hybridized carbons (Fsp3) is 0. The van der Waals surface area contributed by atoms with Crippen LogP contribution in [-0.2, 0) is 0 Å². The van der Waals surface area contributed by atoms with Crippen molar-refractivity contribution in [3.63, 3.8) is 0 Å². The Kier molecular flexibility index (Phi) is 1.96. The highest BCUT2D eigenvalue weighted by Crippen LogP contribution is 2.06. The van der Waals surface area contributed by atoms with Crippen molar-refractivity contribution in [3.05, 3.63) is 22.4 Å². The molecule has 1 rings (SSSR count). The van der Waals surface area contributed by atoms with E-state index in [0.717, 1.165) is 0 Å². The van der Waals surface area contributed by atoms with Gasteiger partial charge in [-0.2, -0.15) is 5.10 Å². The lowest BCUT2D eigenvalue weighted by molar-refractivity contribution is 0.0689. The van der Waals surface area contributed by atoms with Gasteiger partial charge in [0.25, 0.3) is 0 Å². The Morgan fingerprint density at radius 2 is 2.40 bits per heavy atom. The first-order valence-corrected chi connectivity index (χ1v) is 3.21. The molecule has 10 heavy (non-hydrogen) atoms. The van der Waals surface area contributed by atoms with Crippen LogP contribution in [0.15, 0.2) is 16.7 Å². The molecule has 0 bridgehead atoms. The smallest absolute Gasteiger partial charge is 0.356 e. The van der Waals surface area contributed by atoms with E-state index in [9.17, 15) is 4.79 Å². The number of nitrogens with zero attached hydrogens (tertiary/aromatic N) is 2. The van der Waals surface area contributed by atoms with Gasteiger partial charge in [0, 0.05) is 4.47 Å². The summed E-state index contributed by atoms with van der Waals surface area (Å²) in [4.78, 5) is 10.2. The van der Waals surface area contributed by atoms with Crippen LogP contribution in [-0.4, -0.2) is 21.3 Å². The second-order valence-electron chi connectivity index (χ2n) is 1.56. The summed E-state index contributed by atoms with van der Waals surface area (Å²) < 4.78 is 0.611. The van der Waals surface area contributed by atoms with Crippen LogP contribution in [0.1, 0.15) is 10.5 Å². The Morgan fingerprint density at radius 1 is 1.70 bits per heavy atom. The molecule has 0 aliphatic heterocycles. The summed E-state index contributed by atoms with van der Waals surface area (Å²) >= 11 is 3.06. The van der Waals surface area contributed by atoms with E-state index < -0.39 is 5.97 Å². The van der Waals surface area contributed by atoms with Crippen molar-refractivity contribution in [2.24, 2.45) is 0 Å². The lowest BCUT2D eigenvalue weighted by Crippen LogP contribution is -2.00. The highest BCUT2D eigenvalue weighted by atomic mass is 79.9. The molecule has 1 heterocycles. The van der Waals surface area contributed by atoms with Crippen LogP contribution in [0.2, 0.25) is 0 Å². The van der Waals surface area contributed by atoms with E-state index in [1.165, 1.54) is 12.3 Å². The minimum absolute atomic E-state index is 0.0608. The summed E-state index contributed by atoms with van der Waals surface area (Å²) in [7, 11) is 0. The maximum atomic E-state index is 10.2. The predicted octanol–water partition coefficient (Wildman–Crippen LogP) is 0.937. The van der Waals surface area contributed by atoms with Gasteiger partial charge in [0.1, 0.15) is 0 Å². The van der Waals surface area contributed by atoms with Crippen molar-refractivity contribution < 1.29 is 9.90 Å². The fourth-order valence-corrected chi connectivity index (χ4v) is 0.756. The van der Waals surface area contributed by atoms with Crippen LogP contribution in [0, 0.1) is 0 Å². The van der Waals surface area contributed by atoms with Gasteiger partial charge >= 0.3 is 5.97 Å². The van der Waals surface area contributed by atoms with Gasteiger partial charge in [-0.05, 0) is 22.0 Å². The number of rotatable bonds is 1. The Hall–Kier alpha value is -0.970. The van der Waals surface area contributed by atoms with Crippen molar-refractivity contribution in [1.29, 1.82) is 0 Å². The van der Waals surface area contributed by atoms with Crippen molar-refractivity contribution in [2.45, 2.75) is 0 Å². The highest BCUT2D eigenvalue weighted by Gasteiger charge is 2.03. The predicted molar refractivity (Wildman–Crippen MR) is 36.7 cm³/mol. The van der Waals surface area contributed by atoms with E-state index in [2.05, 4.69) is 26.1 Å². The van der Waals surface area contributed by atoms with E-state index >= 15 is 0 Å². The molecule has 0 radical (unpaired) electrons. The number of hydrogen-bond donors (Lipinski definition) is 1. The number of aromatic nitrogens is 2. The number of carbonyl (C=O) groups is 1. The average Bonchev–Trinajstić information content (AvgIpc) is 1.88. The Morgan fingerprint density at radius 3 is 2.80 bits per heavy atom. The standard InChI is InChI=1S/C5H3BrN2O2/c6-3-1-4(5(9)10)8-7-2-3/h1-2H,(H,9,10). The first-order chi connectivity index (χ1) is 4.70. The zero-order valence-electron chi connectivity index (χ0n) is 4.78. The zero-order valence-corrected chi connectivity index (χ0v) is 6.37. The van der Waals surface area contributed by atoms with E-state index in [0.29, 0.717) is 4.47 Å². The van der Waals surface area contributed by atoms with E-state index in [4.69, 9.17) is 5.11 Å². The maximum Gasteiger partial charge on any atom is 0.356 e. The van der Waals surface area contributed by atoms with Gasteiger partial charge in [-0.3, -0.25) is 0 Å². The first kappa shape index (κ1) is 7.14. The van der Waals surface area contributed by atoms with Crippen molar-refractivity contribution >= 4 is 21.9 Å². The van der Waals surface area contributed by atoms with Crippen LogP contribution in [0.4, 0.5) is 0 Å². The normalized spacial score (nSPS) is 9.30. The largest absolute Gasteiger partial charge is 0.476 e. The van der Waals surface area contributed by atoms with Gasteiger partial charge in [0.15, 0.2) is 5.69 Å². The molecule has 0 aliphatic rings. The summed E-state index contributed by atoms with van der Waals surface area (Å²) in [5.74, 6) is -1.08. The van der Waals surface area contributed by atoms with Crippen LogP contribution in [0.3, 0.4) is 0 Å². The van der Waals surface area contributed by atoms with Gasteiger partial charge in [-0.1, -0.05) is 0 Å². The third kappa shape index (κ3) is 1.51. The van der Waals surface area contributed by atoms with Crippen molar-refractivity contribution in [2.75, 3.05) is 0 Å². The molecule has 52 valence electrons. The summed E-state index contributed by atoms with van der Waals surface area (Å²) in [5, 5.41) is 15.2. The number of aromatic carboxylic acids is 1. The monoisotopic (exact) mass is 202 g/mol. The molecule has 1 aromatic rings. The molecule has 5 heteroatoms. The van der Waals surface area contributed by atoms with Crippen LogP contribution in [0.25, 0.3) is 0 Å². The van der Waals surface area contributed by atoms with Crippen LogP contribution < -0.4 is 0 Å². The number of hydrogen-bond acceptors (Lipinski definition) is 3. The topological polar surface area (TPSA) is 63.1 Å². The fourth-order valence-electron chi connectivity index (χ4n) is 0.447. The zero-order chi connectivity index (χ0) is 7.56. The van der Waals surface area contributed by atoms with E-state index in [-0.39, 0.29) is 5.69 Å². The molecule has 0 spiro atoms. The maximum absolute atomic E-state index is 10.2. The van der Waals surface area contributed by atoms with Gasteiger partial charge < -0.3 is 5.11 Å². The lowest BCUT2D eigenvalue weighted by Gasteiger charge is -1.90. The highest BCUT2D eigenvalue weighted by molar-refractivity contribution is 9.10. The molecule has 0 unspecified atom stereocenters. The molecular weight excluding hydrogens is 200 g/mol. The molecule has 0 aliphatic carbocycles. The summed E-state index contributed by atoms with van der Waals surface area (Å²) in [6.45, 7) is 0. The van der Waals surface area contributed by atoms with Crippen molar-refractivity contribution in [3.8, 4) is 0 Å². The molecule has 1 aromatic heterocycles. The quantitative estimate of drug-likeness (QED) is 0.737. The van der Waals surface area contributed by atoms with Crippen LogP contribution in [0.5, 0.6) is 0 Å². The lowest BCUT2D eigenvalue weighted by atomic mass is 10.4. The Bertz CT molecular complexity index is 264. The Balaban J connectivity index is 3.07. The molecule has 0 atom stereocenters. The first-order valence-electron chi connectivity index (χ1n) is 2.41. The molecular formula is C5H3BrN2O2.